The summed E-state index contributed by atoms with van der Waals surface area (Å²) in [5.41, 5.74) is -0.842. The van der Waals surface area contributed by atoms with Gasteiger partial charge in [0.25, 0.3) is 5.91 Å². The number of halogens is 3. The smallest absolute Gasteiger partial charge is 0.396 e. The number of nitrogens with one attached hydrogen (secondary N) is 1. The normalized spacial score (nSPS) is 19.4. The van der Waals surface area contributed by atoms with Crippen LogP contribution in [0.1, 0.15) is 35.1 Å². The molecule has 2 N–H and O–H groups in total. The van der Waals surface area contributed by atoms with Crippen molar-refractivity contribution in [2.24, 2.45) is 5.92 Å². The summed E-state index contributed by atoms with van der Waals surface area (Å²) in [6.07, 6.45) is 0.390. The average Bonchev–Trinajstić information content (AvgIpc) is 3.03. The highest BCUT2D eigenvalue weighted by atomic mass is 19.4. The second kappa shape index (κ2) is 6.86. The number of alkyl halides is 3. The van der Waals surface area contributed by atoms with Crippen LogP contribution >= 0.6 is 0 Å². The van der Waals surface area contributed by atoms with E-state index in [0.29, 0.717) is 11.4 Å². The number of hydrogen-bond donors (Lipinski definition) is 2. The van der Waals surface area contributed by atoms with Crippen LogP contribution in [0.15, 0.2) is 36.7 Å². The molecule has 0 radical (unpaired) electrons. The van der Waals surface area contributed by atoms with E-state index >= 15 is 0 Å². The van der Waals surface area contributed by atoms with Crippen LogP contribution in [-0.4, -0.2) is 37.4 Å². The number of carbonyl (C=O) groups is 1. The molecule has 1 amide bonds. The van der Waals surface area contributed by atoms with Crippen molar-refractivity contribution in [3.05, 3.63) is 48.0 Å². The van der Waals surface area contributed by atoms with E-state index in [4.69, 9.17) is 5.11 Å². The number of carbonyl (C=O) groups excluding carboxylic acids is 1. The van der Waals surface area contributed by atoms with Crippen LogP contribution < -0.4 is 5.32 Å². The molecule has 0 unspecified atom stereocenters. The summed E-state index contributed by atoms with van der Waals surface area (Å²) in [6, 6.07) is 4.96. The van der Waals surface area contributed by atoms with Crippen molar-refractivity contribution in [2.75, 3.05) is 11.9 Å². The molecule has 1 saturated carbocycles. The van der Waals surface area contributed by atoms with Crippen LogP contribution in [0.4, 0.5) is 19.0 Å². The largest absolute Gasteiger partial charge is 0.433 e. The number of nitrogens with zero attached hydrogens (tertiary/aromatic N) is 4. The second-order valence-corrected chi connectivity index (χ2v) is 6.77. The summed E-state index contributed by atoms with van der Waals surface area (Å²) >= 11 is 0. The Bertz CT molecular complexity index is 1030. The van der Waals surface area contributed by atoms with E-state index < -0.39 is 17.8 Å². The highest BCUT2D eigenvalue weighted by Crippen LogP contribution is 2.37. The van der Waals surface area contributed by atoms with Crippen molar-refractivity contribution < 1.29 is 23.1 Å². The van der Waals surface area contributed by atoms with Gasteiger partial charge in [-0.25, -0.2) is 9.97 Å². The summed E-state index contributed by atoms with van der Waals surface area (Å²) in [5, 5.41) is 16.8. The van der Waals surface area contributed by atoms with Gasteiger partial charge in [-0.1, -0.05) is 6.07 Å². The molecule has 1 aliphatic carbocycles. The third kappa shape index (κ3) is 3.55. The van der Waals surface area contributed by atoms with Gasteiger partial charge >= 0.3 is 6.18 Å². The molecule has 4 rings (SSSR count). The minimum Gasteiger partial charge on any atom is -0.396 e. The number of fused-ring (bicyclic) bond motifs is 1. The molecule has 0 atom stereocenters. The van der Waals surface area contributed by atoms with E-state index in [0.717, 1.165) is 30.4 Å². The van der Waals surface area contributed by atoms with Crippen LogP contribution in [0.5, 0.6) is 0 Å². The van der Waals surface area contributed by atoms with Crippen LogP contribution in [-0.2, 0) is 6.18 Å². The molecular weight excluding hydrogens is 375 g/mol. The SMILES string of the molecule is O=C(Nc1cc2cn(C3CC(CO)C3)nc2cn1)c1cccc(C(F)(F)F)n1. The van der Waals surface area contributed by atoms with Crippen molar-refractivity contribution in [1.29, 1.82) is 0 Å². The van der Waals surface area contributed by atoms with Crippen LogP contribution in [0, 0.1) is 5.92 Å². The molecule has 3 aromatic heterocycles. The Hall–Kier alpha value is -3.01. The number of rotatable bonds is 4. The topological polar surface area (TPSA) is 92.9 Å². The van der Waals surface area contributed by atoms with E-state index in [1.807, 2.05) is 10.9 Å². The summed E-state index contributed by atoms with van der Waals surface area (Å²) in [7, 11) is 0. The number of pyridine rings is 2. The molecule has 0 saturated heterocycles. The number of hydrogen-bond acceptors (Lipinski definition) is 5. The molecule has 0 bridgehead atoms. The van der Waals surface area contributed by atoms with E-state index in [1.165, 1.54) is 12.3 Å². The predicted molar refractivity (Wildman–Crippen MR) is 93.6 cm³/mol. The zero-order valence-corrected chi connectivity index (χ0v) is 14.5. The lowest BCUT2D eigenvalue weighted by Crippen LogP contribution is -2.29. The van der Waals surface area contributed by atoms with Gasteiger partial charge in [0.05, 0.1) is 12.2 Å². The maximum absolute atomic E-state index is 12.8. The summed E-state index contributed by atoms with van der Waals surface area (Å²) < 4.78 is 40.1. The molecule has 0 aliphatic heterocycles. The lowest BCUT2D eigenvalue weighted by atomic mass is 9.81. The maximum Gasteiger partial charge on any atom is 0.433 e. The number of aliphatic hydroxyl groups excluding tert-OH is 1. The minimum absolute atomic E-state index is 0.165. The number of amides is 1. The van der Waals surface area contributed by atoms with Crippen molar-refractivity contribution in [3.63, 3.8) is 0 Å². The fraction of sp³-hybridized carbons (Fsp3) is 0.333. The first-order chi connectivity index (χ1) is 13.3. The number of aromatic nitrogens is 4. The Morgan fingerprint density at radius 1 is 1.32 bits per heavy atom. The van der Waals surface area contributed by atoms with Gasteiger partial charge in [-0.2, -0.15) is 18.3 Å². The fourth-order valence-electron chi connectivity index (χ4n) is 3.17. The Morgan fingerprint density at radius 3 is 2.82 bits per heavy atom. The molecule has 0 aromatic carbocycles. The minimum atomic E-state index is -4.63. The monoisotopic (exact) mass is 391 g/mol. The van der Waals surface area contributed by atoms with Crippen LogP contribution in [0.2, 0.25) is 0 Å². The van der Waals surface area contributed by atoms with Gasteiger partial charge in [-0.3, -0.25) is 9.48 Å². The Labute approximate surface area is 157 Å². The molecule has 7 nitrogen and oxygen atoms in total. The van der Waals surface area contributed by atoms with Gasteiger partial charge in [0.2, 0.25) is 0 Å². The van der Waals surface area contributed by atoms with E-state index in [-0.39, 0.29) is 24.2 Å². The average molecular weight is 391 g/mol. The van der Waals surface area contributed by atoms with Crippen molar-refractivity contribution in [2.45, 2.75) is 25.1 Å². The predicted octanol–water partition coefficient (Wildman–Crippen LogP) is 3.04. The molecule has 146 valence electrons. The number of anilines is 1. The molecule has 28 heavy (non-hydrogen) atoms. The highest BCUT2D eigenvalue weighted by Gasteiger charge is 2.33. The van der Waals surface area contributed by atoms with Crippen molar-refractivity contribution >= 4 is 22.6 Å². The molecule has 3 heterocycles. The highest BCUT2D eigenvalue weighted by molar-refractivity contribution is 6.03. The van der Waals surface area contributed by atoms with E-state index in [2.05, 4.69) is 20.4 Å². The summed E-state index contributed by atoms with van der Waals surface area (Å²) in [5.74, 6) is -0.293. The van der Waals surface area contributed by atoms with Crippen molar-refractivity contribution in [1.82, 2.24) is 19.7 Å². The van der Waals surface area contributed by atoms with Crippen LogP contribution in [0.3, 0.4) is 0 Å². The van der Waals surface area contributed by atoms with Crippen molar-refractivity contribution in [3.8, 4) is 0 Å². The number of aliphatic hydroxyl groups is 1. The molecule has 3 aromatic rings. The second-order valence-electron chi connectivity index (χ2n) is 6.77. The summed E-state index contributed by atoms with van der Waals surface area (Å²) in [6.45, 7) is 0.165. The first kappa shape index (κ1) is 18.4. The molecule has 0 spiro atoms. The third-order valence-corrected chi connectivity index (χ3v) is 4.77. The van der Waals surface area contributed by atoms with Gasteiger partial charge in [0.15, 0.2) is 0 Å². The molecule has 1 aliphatic rings. The Morgan fingerprint density at radius 2 is 2.11 bits per heavy atom. The van der Waals surface area contributed by atoms with Gasteiger partial charge in [0.1, 0.15) is 22.7 Å². The first-order valence-corrected chi connectivity index (χ1v) is 8.65. The zero-order valence-electron chi connectivity index (χ0n) is 14.5. The fourth-order valence-corrected chi connectivity index (χ4v) is 3.17. The Balaban J connectivity index is 1.51. The summed E-state index contributed by atoms with van der Waals surface area (Å²) in [4.78, 5) is 19.7. The van der Waals surface area contributed by atoms with E-state index in [9.17, 15) is 18.0 Å². The maximum atomic E-state index is 12.8. The quantitative estimate of drug-likeness (QED) is 0.713. The standard InChI is InChI=1S/C18H16F3N5O2/c19-18(20,21)15-3-1-2-13(23-15)17(28)24-16-6-11-8-26(25-14(11)7-22-16)12-4-10(5-12)9-27/h1-3,6-8,10,12,27H,4-5,9H2,(H,24,28). The lowest BCUT2D eigenvalue weighted by molar-refractivity contribution is -0.141. The van der Waals surface area contributed by atoms with Gasteiger partial charge in [0, 0.05) is 18.2 Å². The Kier molecular flexibility index (Phi) is 4.50. The van der Waals surface area contributed by atoms with E-state index in [1.54, 1.807) is 6.07 Å². The molecule has 10 heteroatoms. The lowest BCUT2D eigenvalue weighted by Gasteiger charge is -2.33. The third-order valence-electron chi connectivity index (χ3n) is 4.77. The molecular formula is C18H16F3N5O2. The van der Waals surface area contributed by atoms with Gasteiger partial charge in [-0.15, -0.1) is 0 Å². The zero-order chi connectivity index (χ0) is 19.9. The van der Waals surface area contributed by atoms with Gasteiger partial charge in [-0.05, 0) is 37.0 Å². The first-order valence-electron chi connectivity index (χ1n) is 8.65. The van der Waals surface area contributed by atoms with Gasteiger partial charge < -0.3 is 10.4 Å². The van der Waals surface area contributed by atoms with Crippen LogP contribution in [0.25, 0.3) is 10.9 Å². The molecule has 1 fully saturated rings.